The summed E-state index contributed by atoms with van der Waals surface area (Å²) < 4.78 is 5.84. The fraction of sp³-hybridized carbons (Fsp3) is 1.00. The highest BCUT2D eigenvalue weighted by molar-refractivity contribution is 4.80. The third-order valence-electron chi connectivity index (χ3n) is 3.58. The van der Waals surface area contributed by atoms with Crippen LogP contribution in [0.4, 0.5) is 0 Å². The van der Waals surface area contributed by atoms with Crippen LogP contribution < -0.4 is 5.32 Å². The molecular weight excluding hydrogens is 202 g/mol. The average molecular weight is 227 g/mol. The molecular formula is C12H25N3O. The molecule has 16 heavy (non-hydrogen) atoms. The van der Waals surface area contributed by atoms with Crippen LogP contribution in [0.5, 0.6) is 0 Å². The minimum atomic E-state index is 0.416. The molecule has 0 aromatic rings. The second kappa shape index (κ2) is 5.96. The van der Waals surface area contributed by atoms with E-state index >= 15 is 0 Å². The molecule has 2 atom stereocenters. The van der Waals surface area contributed by atoms with Gasteiger partial charge in [0.1, 0.15) is 0 Å². The summed E-state index contributed by atoms with van der Waals surface area (Å²) in [5.41, 5.74) is 0. The quantitative estimate of drug-likeness (QED) is 0.734. The molecule has 2 saturated heterocycles. The normalized spacial score (nSPS) is 34.1. The van der Waals surface area contributed by atoms with Crippen molar-refractivity contribution in [3.05, 3.63) is 0 Å². The zero-order valence-electron chi connectivity index (χ0n) is 10.6. The van der Waals surface area contributed by atoms with Gasteiger partial charge in [0, 0.05) is 45.3 Å². The van der Waals surface area contributed by atoms with Gasteiger partial charge in [-0.05, 0) is 13.5 Å². The van der Waals surface area contributed by atoms with Gasteiger partial charge in [0.2, 0.25) is 0 Å². The lowest BCUT2D eigenvalue weighted by atomic mass is 10.2. The first kappa shape index (κ1) is 12.3. The van der Waals surface area contributed by atoms with E-state index in [0.717, 1.165) is 52.4 Å². The van der Waals surface area contributed by atoms with E-state index in [0.29, 0.717) is 12.1 Å². The Morgan fingerprint density at radius 1 is 1.25 bits per heavy atom. The summed E-state index contributed by atoms with van der Waals surface area (Å²) in [5.74, 6) is 0. The van der Waals surface area contributed by atoms with E-state index in [1.54, 1.807) is 0 Å². The van der Waals surface area contributed by atoms with Gasteiger partial charge in [-0.1, -0.05) is 6.92 Å². The number of morpholine rings is 1. The molecule has 4 nitrogen and oxygen atoms in total. The molecule has 94 valence electrons. The molecule has 0 spiro atoms. The number of piperazine rings is 1. The number of rotatable bonds is 3. The smallest absolute Gasteiger partial charge is 0.0829 e. The molecule has 1 unspecified atom stereocenters. The Hall–Kier alpha value is -0.160. The maximum atomic E-state index is 5.84. The van der Waals surface area contributed by atoms with E-state index in [9.17, 15) is 0 Å². The number of nitrogens with one attached hydrogen (secondary N) is 1. The van der Waals surface area contributed by atoms with Gasteiger partial charge in [-0.15, -0.1) is 0 Å². The zero-order valence-corrected chi connectivity index (χ0v) is 10.6. The van der Waals surface area contributed by atoms with Crippen molar-refractivity contribution in [2.24, 2.45) is 0 Å². The molecule has 2 aliphatic heterocycles. The Kier molecular flexibility index (Phi) is 4.58. The van der Waals surface area contributed by atoms with Crippen molar-refractivity contribution in [1.82, 2.24) is 15.1 Å². The summed E-state index contributed by atoms with van der Waals surface area (Å²) in [5, 5.41) is 3.48. The Balaban J connectivity index is 1.75. The van der Waals surface area contributed by atoms with Gasteiger partial charge in [-0.3, -0.25) is 9.80 Å². The summed E-state index contributed by atoms with van der Waals surface area (Å²) in [6.45, 7) is 13.3. The van der Waals surface area contributed by atoms with Crippen LogP contribution in [0, 0.1) is 0 Å². The van der Waals surface area contributed by atoms with Crippen molar-refractivity contribution in [1.29, 1.82) is 0 Å². The summed E-state index contributed by atoms with van der Waals surface area (Å²) in [7, 11) is 0. The van der Waals surface area contributed by atoms with Crippen molar-refractivity contribution in [3.63, 3.8) is 0 Å². The van der Waals surface area contributed by atoms with Crippen molar-refractivity contribution in [3.8, 4) is 0 Å². The molecule has 1 N–H and O–H groups in total. The van der Waals surface area contributed by atoms with Crippen LogP contribution in [0.25, 0.3) is 0 Å². The van der Waals surface area contributed by atoms with Crippen molar-refractivity contribution < 1.29 is 4.74 Å². The van der Waals surface area contributed by atoms with Crippen LogP contribution in [0.2, 0.25) is 0 Å². The highest BCUT2D eigenvalue weighted by atomic mass is 16.5. The summed E-state index contributed by atoms with van der Waals surface area (Å²) in [6.07, 6.45) is 0.416. The van der Waals surface area contributed by atoms with Gasteiger partial charge in [0.05, 0.1) is 12.7 Å². The Morgan fingerprint density at radius 3 is 2.88 bits per heavy atom. The van der Waals surface area contributed by atoms with E-state index in [4.69, 9.17) is 4.74 Å². The van der Waals surface area contributed by atoms with Gasteiger partial charge in [0.15, 0.2) is 0 Å². The molecule has 0 aromatic carbocycles. The standard InChI is InChI=1S/C12H25N3O/c1-3-14-6-7-16-12(9-14)10-15-5-4-13-11(2)8-15/h11-13H,3-10H2,1-2H3/t11-,12?/m0/s1. The van der Waals surface area contributed by atoms with Gasteiger partial charge in [-0.25, -0.2) is 0 Å². The average Bonchev–Trinajstić information content (AvgIpc) is 2.29. The van der Waals surface area contributed by atoms with Gasteiger partial charge < -0.3 is 10.1 Å². The van der Waals surface area contributed by atoms with Gasteiger partial charge in [0.25, 0.3) is 0 Å². The predicted molar refractivity (Wildman–Crippen MR) is 65.8 cm³/mol. The lowest BCUT2D eigenvalue weighted by Gasteiger charge is -2.38. The van der Waals surface area contributed by atoms with Crippen LogP contribution in [-0.4, -0.2) is 74.4 Å². The molecule has 0 amide bonds. The van der Waals surface area contributed by atoms with E-state index in [1.807, 2.05) is 0 Å². The minimum Gasteiger partial charge on any atom is -0.374 e. The van der Waals surface area contributed by atoms with Crippen LogP contribution in [0.1, 0.15) is 13.8 Å². The first-order valence-corrected chi connectivity index (χ1v) is 6.57. The molecule has 2 fully saturated rings. The lowest BCUT2D eigenvalue weighted by Crippen LogP contribution is -2.54. The lowest BCUT2D eigenvalue weighted by molar-refractivity contribution is -0.0443. The highest BCUT2D eigenvalue weighted by Crippen LogP contribution is 2.08. The number of nitrogens with zero attached hydrogens (tertiary/aromatic N) is 2. The van der Waals surface area contributed by atoms with Crippen LogP contribution >= 0.6 is 0 Å². The molecule has 2 heterocycles. The molecule has 2 rings (SSSR count). The third kappa shape index (κ3) is 3.42. The highest BCUT2D eigenvalue weighted by Gasteiger charge is 2.23. The summed E-state index contributed by atoms with van der Waals surface area (Å²) >= 11 is 0. The van der Waals surface area contributed by atoms with Crippen molar-refractivity contribution in [2.45, 2.75) is 26.0 Å². The number of hydrogen-bond acceptors (Lipinski definition) is 4. The molecule has 0 aromatic heterocycles. The molecule has 2 aliphatic rings. The zero-order chi connectivity index (χ0) is 11.4. The summed E-state index contributed by atoms with van der Waals surface area (Å²) in [4.78, 5) is 5.02. The van der Waals surface area contributed by atoms with Gasteiger partial charge in [-0.2, -0.15) is 0 Å². The second-order valence-electron chi connectivity index (χ2n) is 5.00. The van der Waals surface area contributed by atoms with Crippen molar-refractivity contribution >= 4 is 0 Å². The topological polar surface area (TPSA) is 27.7 Å². The van der Waals surface area contributed by atoms with E-state index in [-0.39, 0.29) is 0 Å². The van der Waals surface area contributed by atoms with Crippen LogP contribution in [0.3, 0.4) is 0 Å². The first-order valence-electron chi connectivity index (χ1n) is 6.57. The fourth-order valence-corrected chi connectivity index (χ4v) is 2.64. The number of hydrogen-bond donors (Lipinski definition) is 1. The predicted octanol–water partition coefficient (Wildman–Crippen LogP) is 0.000800. The second-order valence-corrected chi connectivity index (χ2v) is 5.00. The van der Waals surface area contributed by atoms with E-state index < -0.39 is 0 Å². The number of likely N-dealkylation sites (N-methyl/N-ethyl adjacent to an activating group) is 1. The van der Waals surface area contributed by atoms with Crippen molar-refractivity contribution in [2.75, 3.05) is 52.4 Å². The summed E-state index contributed by atoms with van der Waals surface area (Å²) in [6, 6.07) is 0.625. The van der Waals surface area contributed by atoms with Crippen LogP contribution in [-0.2, 0) is 4.74 Å². The molecule has 0 bridgehead atoms. The Morgan fingerprint density at radius 2 is 2.12 bits per heavy atom. The SMILES string of the molecule is CCN1CCOC(CN2CCN[C@@H](C)C2)C1. The maximum absolute atomic E-state index is 5.84. The largest absolute Gasteiger partial charge is 0.374 e. The Bertz CT molecular complexity index is 212. The van der Waals surface area contributed by atoms with E-state index in [2.05, 4.69) is 29.0 Å². The molecule has 0 aliphatic carbocycles. The monoisotopic (exact) mass is 227 g/mol. The number of ether oxygens (including phenoxy) is 1. The maximum Gasteiger partial charge on any atom is 0.0829 e. The van der Waals surface area contributed by atoms with Crippen LogP contribution in [0.15, 0.2) is 0 Å². The molecule has 0 saturated carbocycles. The fourth-order valence-electron chi connectivity index (χ4n) is 2.64. The van der Waals surface area contributed by atoms with E-state index in [1.165, 1.54) is 0 Å². The Labute approximate surface area is 98.9 Å². The van der Waals surface area contributed by atoms with Gasteiger partial charge >= 0.3 is 0 Å². The minimum absolute atomic E-state index is 0.416. The molecule has 0 radical (unpaired) electrons. The first-order chi connectivity index (χ1) is 7.78. The molecule has 4 heteroatoms. The third-order valence-corrected chi connectivity index (χ3v) is 3.58.